The highest BCUT2D eigenvalue weighted by Crippen LogP contribution is 2.36. The van der Waals surface area contributed by atoms with Crippen molar-refractivity contribution in [2.24, 2.45) is 0 Å². The third-order valence-corrected chi connectivity index (χ3v) is 5.69. The predicted molar refractivity (Wildman–Crippen MR) is 124 cm³/mol. The zero-order valence-corrected chi connectivity index (χ0v) is 20.6. The van der Waals surface area contributed by atoms with Crippen LogP contribution >= 0.6 is 0 Å². The second kappa shape index (κ2) is 8.87. The molecule has 0 amide bonds. The topological polar surface area (TPSA) is 85.2 Å². The van der Waals surface area contributed by atoms with Gasteiger partial charge < -0.3 is 23.5 Å². The summed E-state index contributed by atoms with van der Waals surface area (Å²) in [5.74, 6) is 0.0374. The van der Waals surface area contributed by atoms with Gasteiger partial charge in [-0.25, -0.2) is 14.2 Å². The quantitative estimate of drug-likeness (QED) is 0.497. The summed E-state index contributed by atoms with van der Waals surface area (Å²) in [6.07, 6.45) is 0.807. The minimum atomic E-state index is -0.744. The number of methoxy groups -OCH3 is 1. The van der Waals surface area contributed by atoms with E-state index in [2.05, 4.69) is 0 Å². The third kappa shape index (κ3) is 5.59. The second-order valence-corrected chi connectivity index (χ2v) is 10.0. The molecule has 178 valence electrons. The number of benzene rings is 1. The van der Waals surface area contributed by atoms with Crippen molar-refractivity contribution in [3.05, 3.63) is 47.8 Å². The molecule has 1 aliphatic rings. The van der Waals surface area contributed by atoms with Gasteiger partial charge >= 0.3 is 19.2 Å². The van der Waals surface area contributed by atoms with Crippen molar-refractivity contribution in [3.63, 3.8) is 0 Å². The number of ether oxygens (including phenoxy) is 3. The molecule has 1 aromatic carbocycles. The first-order valence-corrected chi connectivity index (χ1v) is 10.8. The number of hydrogen-bond donors (Lipinski definition) is 0. The lowest BCUT2D eigenvalue weighted by Gasteiger charge is -2.32. The fourth-order valence-corrected chi connectivity index (χ4v) is 3.16. The van der Waals surface area contributed by atoms with Crippen molar-refractivity contribution < 1.29 is 33.1 Å². The predicted octanol–water partition coefficient (Wildman–Crippen LogP) is 3.94. The summed E-state index contributed by atoms with van der Waals surface area (Å²) in [6.45, 7) is 13.0. The summed E-state index contributed by atoms with van der Waals surface area (Å²) in [5.41, 5.74) is -0.540. The number of rotatable bonds is 5. The van der Waals surface area contributed by atoms with E-state index in [0.717, 1.165) is 10.1 Å². The highest BCUT2D eigenvalue weighted by molar-refractivity contribution is 6.62. The van der Waals surface area contributed by atoms with E-state index in [-0.39, 0.29) is 12.3 Å². The maximum atomic E-state index is 13.0. The number of esters is 1. The van der Waals surface area contributed by atoms with Crippen molar-refractivity contribution >= 4 is 24.6 Å². The Bertz CT molecular complexity index is 1000. The van der Waals surface area contributed by atoms with Crippen LogP contribution in [0.4, 0.5) is 4.79 Å². The van der Waals surface area contributed by atoms with Crippen molar-refractivity contribution in [1.82, 2.24) is 4.57 Å². The molecule has 0 unspecified atom stereocenters. The van der Waals surface area contributed by atoms with Gasteiger partial charge in [-0.05, 0) is 72.2 Å². The first-order valence-electron chi connectivity index (χ1n) is 10.8. The Balaban J connectivity index is 1.86. The first kappa shape index (κ1) is 24.9. The molecule has 1 aromatic heterocycles. The molecule has 0 aliphatic carbocycles. The van der Waals surface area contributed by atoms with Gasteiger partial charge in [0.25, 0.3) is 0 Å². The summed E-state index contributed by atoms with van der Waals surface area (Å²) in [5, 5.41) is 0. The van der Waals surface area contributed by atoms with Crippen molar-refractivity contribution in [2.45, 2.75) is 71.9 Å². The Kier molecular flexibility index (Phi) is 6.68. The SMILES string of the molecule is COc1ccc(COC(=O)c2cc(B3OC(C)(C)C(C)(C)O3)cn2C(=O)OC(C)(C)C)cc1. The molecule has 0 spiro atoms. The number of aromatic nitrogens is 1. The molecule has 0 bridgehead atoms. The second-order valence-electron chi connectivity index (χ2n) is 10.0. The van der Waals surface area contributed by atoms with E-state index in [4.69, 9.17) is 23.5 Å². The summed E-state index contributed by atoms with van der Waals surface area (Å²) in [4.78, 5) is 25.8. The van der Waals surface area contributed by atoms with Crippen LogP contribution in [0.2, 0.25) is 0 Å². The molecular weight excluding hydrogens is 425 g/mol. The molecule has 3 rings (SSSR count). The molecule has 1 fully saturated rings. The molecule has 0 N–H and O–H groups in total. The van der Waals surface area contributed by atoms with Gasteiger partial charge in [0.2, 0.25) is 0 Å². The molecule has 2 aromatic rings. The van der Waals surface area contributed by atoms with Crippen LogP contribution in [0.5, 0.6) is 5.75 Å². The van der Waals surface area contributed by atoms with E-state index in [0.29, 0.717) is 11.2 Å². The zero-order valence-electron chi connectivity index (χ0n) is 20.6. The van der Waals surface area contributed by atoms with Gasteiger partial charge in [-0.3, -0.25) is 0 Å². The molecule has 0 saturated carbocycles. The minimum absolute atomic E-state index is 0.0301. The lowest BCUT2D eigenvalue weighted by Crippen LogP contribution is -2.41. The number of carbonyl (C=O) groups is 2. The minimum Gasteiger partial charge on any atom is -0.497 e. The van der Waals surface area contributed by atoms with E-state index in [1.54, 1.807) is 58.2 Å². The zero-order chi connectivity index (χ0) is 24.6. The van der Waals surface area contributed by atoms with Gasteiger partial charge in [0.15, 0.2) is 0 Å². The lowest BCUT2D eigenvalue weighted by atomic mass is 9.81. The Hall–Kier alpha value is -2.78. The average molecular weight is 457 g/mol. The molecule has 2 heterocycles. The van der Waals surface area contributed by atoms with Crippen LogP contribution in [-0.4, -0.2) is 47.7 Å². The van der Waals surface area contributed by atoms with Crippen LogP contribution in [-0.2, 0) is 25.4 Å². The largest absolute Gasteiger partial charge is 0.497 e. The Morgan fingerprint density at radius 1 is 1.03 bits per heavy atom. The average Bonchev–Trinajstić information content (AvgIpc) is 3.24. The Labute approximate surface area is 195 Å². The molecule has 9 heteroatoms. The smallest absolute Gasteiger partial charge is 0.496 e. The van der Waals surface area contributed by atoms with E-state index in [1.807, 2.05) is 27.7 Å². The number of nitrogens with zero attached hydrogens (tertiary/aromatic N) is 1. The Morgan fingerprint density at radius 2 is 1.61 bits per heavy atom. The maximum absolute atomic E-state index is 13.0. The van der Waals surface area contributed by atoms with E-state index < -0.39 is 36.0 Å². The summed E-state index contributed by atoms with van der Waals surface area (Å²) in [6, 6.07) is 8.71. The van der Waals surface area contributed by atoms with Gasteiger partial charge in [0.1, 0.15) is 23.7 Å². The van der Waals surface area contributed by atoms with Gasteiger partial charge in [-0.15, -0.1) is 0 Å². The molecule has 8 nitrogen and oxygen atoms in total. The summed E-state index contributed by atoms with van der Waals surface area (Å²) in [7, 11) is 0.837. The van der Waals surface area contributed by atoms with E-state index in [1.165, 1.54) is 6.20 Å². The standard InChI is InChI=1S/C24H32BNO7/c1-22(2,3)31-21(28)26-14-17(25-32-23(4,5)24(6,7)33-25)13-19(26)20(27)30-15-16-9-11-18(29-8)12-10-16/h9-14H,15H2,1-8H3. The summed E-state index contributed by atoms with van der Waals surface area (Å²) >= 11 is 0. The normalized spacial score (nSPS) is 17.0. The van der Waals surface area contributed by atoms with Crippen molar-refractivity contribution in [3.8, 4) is 5.75 Å². The summed E-state index contributed by atoms with van der Waals surface area (Å²) < 4.78 is 29.4. The van der Waals surface area contributed by atoms with Crippen molar-refractivity contribution in [1.29, 1.82) is 0 Å². The van der Waals surface area contributed by atoms with Gasteiger partial charge in [-0.1, -0.05) is 12.1 Å². The fourth-order valence-electron chi connectivity index (χ4n) is 3.16. The molecule has 1 aliphatic heterocycles. The van der Waals surface area contributed by atoms with Crippen LogP contribution in [0.25, 0.3) is 0 Å². The monoisotopic (exact) mass is 457 g/mol. The van der Waals surface area contributed by atoms with Gasteiger partial charge in [-0.2, -0.15) is 0 Å². The first-order chi connectivity index (χ1) is 15.2. The fraction of sp³-hybridized carbons (Fsp3) is 0.500. The van der Waals surface area contributed by atoms with Gasteiger partial charge in [0, 0.05) is 11.7 Å². The Morgan fingerprint density at radius 3 is 2.12 bits per heavy atom. The number of carbonyl (C=O) groups excluding carboxylic acids is 2. The van der Waals surface area contributed by atoms with Crippen LogP contribution < -0.4 is 10.2 Å². The molecular formula is C24H32BNO7. The van der Waals surface area contributed by atoms with E-state index in [9.17, 15) is 9.59 Å². The van der Waals surface area contributed by atoms with Gasteiger partial charge in [0.05, 0.1) is 18.3 Å². The van der Waals surface area contributed by atoms with Crippen LogP contribution in [0.15, 0.2) is 36.5 Å². The van der Waals surface area contributed by atoms with Crippen LogP contribution in [0.3, 0.4) is 0 Å². The van der Waals surface area contributed by atoms with Crippen LogP contribution in [0, 0.1) is 0 Å². The molecule has 1 saturated heterocycles. The molecule has 0 atom stereocenters. The van der Waals surface area contributed by atoms with Crippen LogP contribution in [0.1, 0.15) is 64.5 Å². The maximum Gasteiger partial charge on any atom is 0.496 e. The molecule has 33 heavy (non-hydrogen) atoms. The third-order valence-electron chi connectivity index (χ3n) is 5.69. The highest BCUT2D eigenvalue weighted by Gasteiger charge is 2.52. The number of hydrogen-bond acceptors (Lipinski definition) is 7. The van der Waals surface area contributed by atoms with Crippen molar-refractivity contribution in [2.75, 3.05) is 7.11 Å². The molecule has 0 radical (unpaired) electrons. The lowest BCUT2D eigenvalue weighted by molar-refractivity contribution is 0.00578. The van der Waals surface area contributed by atoms with E-state index >= 15 is 0 Å². The highest BCUT2D eigenvalue weighted by atomic mass is 16.7.